The maximum Gasteiger partial charge on any atom is 0.279 e. The highest BCUT2D eigenvalue weighted by atomic mass is 16.2. The molecule has 18 heavy (non-hydrogen) atoms. The van der Waals surface area contributed by atoms with Crippen molar-refractivity contribution in [2.45, 2.75) is 0 Å². The molecule has 1 aromatic rings. The fraction of sp³-hybridized carbons (Fsp3) is 0. The summed E-state index contributed by atoms with van der Waals surface area (Å²) >= 11 is 0. The second-order valence-electron chi connectivity index (χ2n) is 3.51. The maximum atomic E-state index is 11.9. The van der Waals surface area contributed by atoms with E-state index in [2.05, 4.69) is 4.99 Å². The van der Waals surface area contributed by atoms with Crippen molar-refractivity contribution in [1.82, 2.24) is 10.4 Å². The van der Waals surface area contributed by atoms with E-state index in [1.807, 2.05) is 5.43 Å². The Morgan fingerprint density at radius 3 is 2.33 bits per heavy atom. The van der Waals surface area contributed by atoms with E-state index in [-0.39, 0.29) is 11.4 Å². The molecule has 0 aromatic heterocycles. The Hall–Kier alpha value is -2.58. The summed E-state index contributed by atoms with van der Waals surface area (Å²) in [6, 6.07) is 5.87. The Morgan fingerprint density at radius 1 is 1.22 bits per heavy atom. The number of hydrazine groups is 2. The predicted octanol–water partition coefficient (Wildman–Crippen LogP) is -1.00. The maximum absolute atomic E-state index is 11.9. The lowest BCUT2D eigenvalue weighted by Gasteiger charge is -2.17. The fourth-order valence-corrected chi connectivity index (χ4v) is 1.45. The van der Waals surface area contributed by atoms with Crippen LogP contribution in [0, 0.1) is 5.41 Å². The molecule has 2 amide bonds. The molecule has 1 aromatic carbocycles. The molecule has 2 bridgehead atoms. The number of hydrogen-bond donors (Lipinski definition) is 4. The van der Waals surface area contributed by atoms with Gasteiger partial charge in [0.1, 0.15) is 0 Å². The van der Waals surface area contributed by atoms with Gasteiger partial charge in [-0.05, 0) is 24.3 Å². The molecule has 0 unspecified atom stereocenters. The number of carbonyl (C=O) groups excluding carboxylic acids is 2. The summed E-state index contributed by atoms with van der Waals surface area (Å²) in [6.45, 7) is 0. The Morgan fingerprint density at radius 2 is 1.78 bits per heavy atom. The standard InChI is InChI=1S/C10H10N6O2/c11-7(15-12)8-14-9(17)5-1-3-6(4-2-5)10(18)16(8)13/h1-4H,12-13H2,(H2,11,15)/b14-8-. The fourth-order valence-electron chi connectivity index (χ4n) is 1.45. The van der Waals surface area contributed by atoms with Gasteiger partial charge in [0.25, 0.3) is 11.8 Å². The molecule has 2 heterocycles. The van der Waals surface area contributed by atoms with Gasteiger partial charge in [0, 0.05) is 11.1 Å². The number of rotatable bonds is 1. The molecule has 0 saturated carbocycles. The van der Waals surface area contributed by atoms with Crippen LogP contribution in [0.25, 0.3) is 0 Å². The lowest BCUT2D eigenvalue weighted by molar-refractivity contribution is 0.0848. The van der Waals surface area contributed by atoms with Crippen LogP contribution in [0.5, 0.6) is 0 Å². The normalized spacial score (nSPS) is 17.7. The number of nitrogens with two attached hydrogens (primary N) is 2. The van der Waals surface area contributed by atoms with Gasteiger partial charge in [0.15, 0.2) is 11.7 Å². The zero-order valence-corrected chi connectivity index (χ0v) is 9.18. The first-order valence-electron chi connectivity index (χ1n) is 4.92. The van der Waals surface area contributed by atoms with Gasteiger partial charge in [0.05, 0.1) is 0 Å². The smallest absolute Gasteiger partial charge is 0.279 e. The largest absolute Gasteiger partial charge is 0.306 e. The summed E-state index contributed by atoms with van der Waals surface area (Å²) in [7, 11) is 0. The van der Waals surface area contributed by atoms with Crippen LogP contribution < -0.4 is 17.1 Å². The molecule has 3 rings (SSSR count). The number of fused-ring (bicyclic) bond motifs is 5. The molecule has 2 aliphatic heterocycles. The lowest BCUT2D eigenvalue weighted by Crippen LogP contribution is -2.51. The Balaban J connectivity index is 2.59. The third-order valence-electron chi connectivity index (χ3n) is 2.40. The van der Waals surface area contributed by atoms with Crippen LogP contribution in [-0.4, -0.2) is 28.5 Å². The average molecular weight is 246 g/mol. The second kappa shape index (κ2) is 4.35. The highest BCUT2D eigenvalue weighted by molar-refractivity contribution is 6.43. The summed E-state index contributed by atoms with van der Waals surface area (Å²) in [6.07, 6.45) is 0. The molecule has 2 aliphatic rings. The molecule has 6 N–H and O–H groups in total. The third-order valence-corrected chi connectivity index (χ3v) is 2.40. The molecule has 0 fully saturated rings. The van der Waals surface area contributed by atoms with Crippen molar-refractivity contribution in [1.29, 1.82) is 5.41 Å². The van der Waals surface area contributed by atoms with E-state index in [0.29, 0.717) is 10.6 Å². The van der Waals surface area contributed by atoms with E-state index in [9.17, 15) is 9.59 Å². The number of nitrogens with one attached hydrogen (secondary N) is 2. The van der Waals surface area contributed by atoms with Crippen LogP contribution in [0.15, 0.2) is 29.3 Å². The highest BCUT2D eigenvalue weighted by Crippen LogP contribution is 2.11. The number of benzene rings is 1. The van der Waals surface area contributed by atoms with Crippen molar-refractivity contribution in [3.05, 3.63) is 35.4 Å². The molecular formula is C10H10N6O2. The van der Waals surface area contributed by atoms with E-state index in [1.54, 1.807) is 0 Å². The van der Waals surface area contributed by atoms with Crippen LogP contribution in [0.3, 0.4) is 0 Å². The molecule has 0 radical (unpaired) electrons. The van der Waals surface area contributed by atoms with E-state index in [4.69, 9.17) is 17.1 Å². The summed E-state index contributed by atoms with van der Waals surface area (Å²) in [5, 5.41) is 8.09. The van der Waals surface area contributed by atoms with Gasteiger partial charge in [-0.15, -0.1) is 0 Å². The van der Waals surface area contributed by atoms with E-state index in [0.717, 1.165) is 0 Å². The molecule has 0 saturated heterocycles. The molecule has 92 valence electrons. The number of nitrogens with zero attached hydrogens (tertiary/aromatic N) is 2. The van der Waals surface area contributed by atoms with E-state index in [1.165, 1.54) is 24.3 Å². The van der Waals surface area contributed by atoms with Crippen molar-refractivity contribution in [2.24, 2.45) is 16.7 Å². The van der Waals surface area contributed by atoms with Gasteiger partial charge >= 0.3 is 0 Å². The Labute approximate surface area is 102 Å². The second-order valence-corrected chi connectivity index (χ2v) is 3.51. The van der Waals surface area contributed by atoms with Gasteiger partial charge < -0.3 is 5.43 Å². The van der Waals surface area contributed by atoms with E-state index < -0.39 is 17.6 Å². The van der Waals surface area contributed by atoms with Gasteiger partial charge in [-0.2, -0.15) is 4.99 Å². The van der Waals surface area contributed by atoms with Crippen LogP contribution >= 0.6 is 0 Å². The summed E-state index contributed by atoms with van der Waals surface area (Å²) in [4.78, 5) is 27.3. The van der Waals surface area contributed by atoms with Crippen LogP contribution in [0.2, 0.25) is 0 Å². The number of aliphatic imine (C=N–C) groups is 1. The first kappa shape index (κ1) is 11.9. The third kappa shape index (κ3) is 1.85. The first-order chi connectivity index (χ1) is 8.54. The molecule has 0 atom stereocenters. The summed E-state index contributed by atoms with van der Waals surface area (Å²) < 4.78 is 0. The zero-order valence-electron chi connectivity index (χ0n) is 9.18. The van der Waals surface area contributed by atoms with Crippen molar-refractivity contribution >= 4 is 23.5 Å². The molecular weight excluding hydrogens is 236 g/mol. The van der Waals surface area contributed by atoms with Crippen LogP contribution in [-0.2, 0) is 0 Å². The number of carbonyl (C=O) groups is 2. The van der Waals surface area contributed by atoms with Gasteiger partial charge in [-0.3, -0.25) is 15.0 Å². The number of amides is 2. The minimum Gasteiger partial charge on any atom is -0.306 e. The SMILES string of the molecule is N=C(NN)/C1=N/C(=O)c2ccc(cc2)C(=O)N1N. The summed E-state index contributed by atoms with van der Waals surface area (Å²) in [5.74, 6) is 8.65. The first-order valence-corrected chi connectivity index (χ1v) is 4.92. The quantitative estimate of drug-likeness (QED) is 0.165. The van der Waals surface area contributed by atoms with Crippen LogP contribution in [0.1, 0.15) is 20.7 Å². The van der Waals surface area contributed by atoms with Crippen molar-refractivity contribution in [2.75, 3.05) is 0 Å². The lowest BCUT2D eigenvalue weighted by atomic mass is 10.1. The number of amidine groups is 2. The molecule has 0 aliphatic carbocycles. The minimum atomic E-state index is -0.610. The molecule has 8 nitrogen and oxygen atoms in total. The van der Waals surface area contributed by atoms with Crippen molar-refractivity contribution in [3.8, 4) is 0 Å². The Kier molecular flexibility index (Phi) is 2.88. The van der Waals surface area contributed by atoms with E-state index >= 15 is 0 Å². The van der Waals surface area contributed by atoms with Crippen molar-refractivity contribution < 1.29 is 9.59 Å². The minimum absolute atomic E-state index is 0.286. The number of hydrogen-bond acceptors (Lipinski definition) is 5. The monoisotopic (exact) mass is 246 g/mol. The Bertz CT molecular complexity index is 562. The van der Waals surface area contributed by atoms with Crippen molar-refractivity contribution in [3.63, 3.8) is 0 Å². The molecule has 8 heteroatoms. The van der Waals surface area contributed by atoms with Crippen LogP contribution in [0.4, 0.5) is 0 Å². The highest BCUT2D eigenvalue weighted by Gasteiger charge is 2.24. The zero-order chi connectivity index (χ0) is 13.3. The van der Waals surface area contributed by atoms with Gasteiger partial charge in [0.2, 0.25) is 0 Å². The average Bonchev–Trinajstić information content (AvgIpc) is 2.47. The van der Waals surface area contributed by atoms with Gasteiger partial charge in [-0.1, -0.05) is 0 Å². The topological polar surface area (TPSA) is 138 Å². The molecule has 0 spiro atoms. The van der Waals surface area contributed by atoms with Gasteiger partial charge in [-0.25, -0.2) is 16.7 Å². The summed E-state index contributed by atoms with van der Waals surface area (Å²) in [5.41, 5.74) is 2.57. The predicted molar refractivity (Wildman–Crippen MR) is 63.6 cm³/mol.